The summed E-state index contributed by atoms with van der Waals surface area (Å²) < 4.78 is 1.09. The highest BCUT2D eigenvalue weighted by atomic mass is 79.9. The molecule has 0 unspecified atom stereocenters. The lowest BCUT2D eigenvalue weighted by Gasteiger charge is -2.23. The van der Waals surface area contributed by atoms with Gasteiger partial charge in [0, 0.05) is 22.3 Å². The summed E-state index contributed by atoms with van der Waals surface area (Å²) >= 11 is 3.57. The monoisotopic (exact) mass is 374 g/mol. The van der Waals surface area contributed by atoms with Gasteiger partial charge in [0.15, 0.2) is 0 Å². The molecule has 0 aliphatic heterocycles. The maximum Gasteiger partial charge on any atom is 0.136 e. The lowest BCUT2D eigenvalue weighted by molar-refractivity contribution is 0.462. The van der Waals surface area contributed by atoms with Gasteiger partial charge < -0.3 is 10.6 Å². The average molecular weight is 375 g/mol. The molecule has 1 aliphatic rings. The second-order valence-corrected chi connectivity index (χ2v) is 7.11. The van der Waals surface area contributed by atoms with Gasteiger partial charge in [-0.2, -0.15) is 0 Å². The molecule has 5 heteroatoms. The van der Waals surface area contributed by atoms with Crippen molar-refractivity contribution >= 4 is 33.3 Å². The molecule has 1 aromatic carbocycles. The Balaban J connectivity index is 1.75. The Kier molecular flexibility index (Phi) is 5.16. The number of hydrogen-bond donors (Lipinski definition) is 2. The van der Waals surface area contributed by atoms with Gasteiger partial charge in [-0.05, 0) is 44.4 Å². The van der Waals surface area contributed by atoms with E-state index in [-0.39, 0.29) is 0 Å². The van der Waals surface area contributed by atoms with Crippen molar-refractivity contribution in [3.63, 3.8) is 0 Å². The number of benzene rings is 1. The molecule has 3 rings (SSSR count). The minimum absolute atomic E-state index is 0.541. The predicted octanol–water partition coefficient (Wildman–Crippen LogP) is 5.34. The molecule has 0 radical (unpaired) electrons. The van der Waals surface area contributed by atoms with Crippen molar-refractivity contribution in [1.82, 2.24) is 9.97 Å². The first kappa shape index (κ1) is 16.2. The summed E-state index contributed by atoms with van der Waals surface area (Å²) in [4.78, 5) is 9.03. The van der Waals surface area contributed by atoms with E-state index in [1.165, 1.54) is 37.7 Å². The highest BCUT2D eigenvalue weighted by molar-refractivity contribution is 9.10. The van der Waals surface area contributed by atoms with Crippen LogP contribution in [0.1, 0.15) is 43.5 Å². The van der Waals surface area contributed by atoms with Crippen LogP contribution in [0, 0.1) is 13.8 Å². The van der Waals surface area contributed by atoms with Gasteiger partial charge in [-0.25, -0.2) is 9.97 Å². The molecule has 0 bridgehead atoms. The quantitative estimate of drug-likeness (QED) is 0.757. The van der Waals surface area contributed by atoms with Crippen LogP contribution in [-0.4, -0.2) is 16.0 Å². The van der Waals surface area contributed by atoms with E-state index < -0.39 is 0 Å². The van der Waals surface area contributed by atoms with E-state index in [0.29, 0.717) is 6.04 Å². The van der Waals surface area contributed by atoms with Crippen molar-refractivity contribution in [2.45, 2.75) is 52.0 Å². The van der Waals surface area contributed by atoms with Gasteiger partial charge in [0.25, 0.3) is 0 Å². The van der Waals surface area contributed by atoms with Crippen LogP contribution in [-0.2, 0) is 0 Å². The number of aryl methyl sites for hydroxylation is 2. The van der Waals surface area contributed by atoms with Crippen LogP contribution in [0.25, 0.3) is 0 Å². The molecular formula is C18H23BrN4. The van der Waals surface area contributed by atoms with Gasteiger partial charge in [0.2, 0.25) is 0 Å². The maximum atomic E-state index is 4.53. The van der Waals surface area contributed by atoms with Crippen LogP contribution in [0.5, 0.6) is 0 Å². The lowest BCUT2D eigenvalue weighted by atomic mass is 9.95. The highest BCUT2D eigenvalue weighted by Gasteiger charge is 2.14. The molecule has 0 saturated heterocycles. The Labute approximate surface area is 146 Å². The number of hydrogen-bond acceptors (Lipinski definition) is 4. The standard InChI is InChI=1S/C18H23BrN4/c1-12-8-9-15(10-16(12)19)23-18-11-17(20-13(2)21-18)22-14-6-4-3-5-7-14/h8-11,14H,3-7H2,1-2H3,(H2,20,21,22,23). The Hall–Kier alpha value is -1.62. The first-order valence-electron chi connectivity index (χ1n) is 8.25. The van der Waals surface area contributed by atoms with Crippen molar-refractivity contribution in [3.05, 3.63) is 40.1 Å². The molecule has 0 spiro atoms. The minimum atomic E-state index is 0.541. The number of rotatable bonds is 4. The Morgan fingerprint density at radius 2 is 1.74 bits per heavy atom. The molecule has 1 aliphatic carbocycles. The molecule has 23 heavy (non-hydrogen) atoms. The number of nitrogens with one attached hydrogen (secondary N) is 2. The Morgan fingerprint density at radius 1 is 1.00 bits per heavy atom. The summed E-state index contributed by atoms with van der Waals surface area (Å²) in [6.07, 6.45) is 6.44. The molecule has 0 amide bonds. The number of aromatic nitrogens is 2. The second-order valence-electron chi connectivity index (χ2n) is 6.25. The second kappa shape index (κ2) is 7.30. The largest absolute Gasteiger partial charge is 0.367 e. The predicted molar refractivity (Wildman–Crippen MR) is 99.4 cm³/mol. The van der Waals surface area contributed by atoms with Crippen LogP contribution < -0.4 is 10.6 Å². The summed E-state index contributed by atoms with van der Waals surface area (Å²) in [5.74, 6) is 2.52. The van der Waals surface area contributed by atoms with Gasteiger partial charge in [-0.1, -0.05) is 41.3 Å². The van der Waals surface area contributed by atoms with E-state index in [2.05, 4.69) is 61.7 Å². The average Bonchev–Trinajstić information content (AvgIpc) is 2.51. The van der Waals surface area contributed by atoms with Crippen LogP contribution in [0.15, 0.2) is 28.7 Å². The highest BCUT2D eigenvalue weighted by Crippen LogP contribution is 2.25. The number of nitrogens with zero attached hydrogens (tertiary/aromatic N) is 2. The van der Waals surface area contributed by atoms with Crippen molar-refractivity contribution in [3.8, 4) is 0 Å². The smallest absolute Gasteiger partial charge is 0.136 e. The Morgan fingerprint density at radius 3 is 2.48 bits per heavy atom. The fourth-order valence-electron chi connectivity index (χ4n) is 2.98. The molecule has 0 atom stereocenters. The zero-order valence-electron chi connectivity index (χ0n) is 13.7. The van der Waals surface area contributed by atoms with Crippen molar-refractivity contribution in [1.29, 1.82) is 0 Å². The third-order valence-corrected chi connectivity index (χ3v) is 5.09. The molecule has 1 saturated carbocycles. The summed E-state index contributed by atoms with van der Waals surface area (Å²) in [6.45, 7) is 4.01. The molecule has 1 fully saturated rings. The molecule has 122 valence electrons. The number of halogens is 1. The lowest BCUT2D eigenvalue weighted by Crippen LogP contribution is -2.23. The first-order chi connectivity index (χ1) is 11.1. The van der Waals surface area contributed by atoms with Crippen LogP contribution in [0.2, 0.25) is 0 Å². The molecule has 2 N–H and O–H groups in total. The number of anilines is 3. The summed E-state index contributed by atoms with van der Waals surface area (Å²) in [5.41, 5.74) is 2.23. The van der Waals surface area contributed by atoms with Crippen molar-refractivity contribution < 1.29 is 0 Å². The molecular weight excluding hydrogens is 352 g/mol. The first-order valence-corrected chi connectivity index (χ1v) is 9.05. The topological polar surface area (TPSA) is 49.8 Å². The third kappa shape index (κ3) is 4.44. The van der Waals surface area contributed by atoms with Gasteiger partial charge in [0.05, 0.1) is 0 Å². The minimum Gasteiger partial charge on any atom is -0.367 e. The maximum absolute atomic E-state index is 4.53. The molecule has 4 nitrogen and oxygen atoms in total. The van der Waals surface area contributed by atoms with E-state index in [9.17, 15) is 0 Å². The van der Waals surface area contributed by atoms with Gasteiger partial charge >= 0.3 is 0 Å². The van der Waals surface area contributed by atoms with Crippen LogP contribution in [0.3, 0.4) is 0 Å². The van der Waals surface area contributed by atoms with Gasteiger partial charge in [-0.15, -0.1) is 0 Å². The van der Waals surface area contributed by atoms with E-state index in [0.717, 1.165) is 27.6 Å². The van der Waals surface area contributed by atoms with Crippen LogP contribution in [0.4, 0.5) is 17.3 Å². The zero-order chi connectivity index (χ0) is 16.2. The van der Waals surface area contributed by atoms with E-state index in [1.54, 1.807) is 0 Å². The summed E-state index contributed by atoms with van der Waals surface area (Å²) in [7, 11) is 0. The summed E-state index contributed by atoms with van der Waals surface area (Å²) in [6, 6.07) is 8.75. The molecule has 1 aromatic heterocycles. The van der Waals surface area contributed by atoms with Crippen molar-refractivity contribution in [2.24, 2.45) is 0 Å². The normalized spacial score (nSPS) is 15.4. The third-order valence-electron chi connectivity index (χ3n) is 4.24. The summed E-state index contributed by atoms with van der Waals surface area (Å²) in [5, 5.41) is 6.94. The zero-order valence-corrected chi connectivity index (χ0v) is 15.3. The van der Waals surface area contributed by atoms with Crippen LogP contribution >= 0.6 is 15.9 Å². The van der Waals surface area contributed by atoms with E-state index in [4.69, 9.17) is 0 Å². The van der Waals surface area contributed by atoms with Crippen molar-refractivity contribution in [2.75, 3.05) is 10.6 Å². The molecule has 1 heterocycles. The van der Waals surface area contributed by atoms with Gasteiger partial charge in [-0.3, -0.25) is 0 Å². The Bertz CT molecular complexity index is 681. The fraction of sp³-hybridized carbons (Fsp3) is 0.444. The van der Waals surface area contributed by atoms with E-state index >= 15 is 0 Å². The molecule has 2 aromatic rings. The fourth-order valence-corrected chi connectivity index (χ4v) is 3.36. The van der Waals surface area contributed by atoms with Gasteiger partial charge in [0.1, 0.15) is 17.5 Å². The van der Waals surface area contributed by atoms with E-state index in [1.807, 2.05) is 13.0 Å². The SMILES string of the molecule is Cc1nc(Nc2ccc(C)c(Br)c2)cc(NC2CCCCC2)n1.